The molecule has 1 aromatic carbocycles. The fourth-order valence-electron chi connectivity index (χ4n) is 1.16. The highest BCUT2D eigenvalue weighted by molar-refractivity contribution is 5.65. The number of allylic oxidation sites excluding steroid dienone is 1. The molecule has 0 bridgehead atoms. The molecule has 1 aromatic rings. The number of benzene rings is 1. The molecule has 14 heavy (non-hydrogen) atoms. The molecule has 1 N–H and O–H groups in total. The number of nitriles is 2. The zero-order chi connectivity index (χ0) is 9.97. The smallest absolute Gasteiger partial charge is 0.226 e. The number of nitrogens with zero attached hydrogens (tertiary/aromatic N) is 2. The molecule has 0 spiro atoms. The van der Waals surface area contributed by atoms with E-state index in [-0.39, 0.29) is 11.5 Å². The first-order chi connectivity index (χ1) is 6.85. The number of anilines is 1. The minimum Gasteiger partial charge on any atom is -0.437 e. The first-order valence-corrected chi connectivity index (χ1v) is 3.93. The molecule has 0 aromatic heterocycles. The van der Waals surface area contributed by atoms with Gasteiger partial charge in [-0.3, -0.25) is 0 Å². The van der Waals surface area contributed by atoms with Gasteiger partial charge >= 0.3 is 0 Å². The zero-order valence-corrected chi connectivity index (χ0v) is 7.11. The van der Waals surface area contributed by atoms with Crippen molar-refractivity contribution >= 4 is 5.69 Å². The summed E-state index contributed by atoms with van der Waals surface area (Å²) >= 11 is 0. The van der Waals surface area contributed by atoms with Gasteiger partial charge in [-0.1, -0.05) is 12.1 Å². The van der Waals surface area contributed by atoms with Crippen LogP contribution in [0.1, 0.15) is 0 Å². The van der Waals surface area contributed by atoms with Crippen LogP contribution in [0.15, 0.2) is 35.7 Å². The van der Waals surface area contributed by atoms with Crippen molar-refractivity contribution in [3.8, 4) is 17.9 Å². The third kappa shape index (κ3) is 1.16. The third-order valence-electron chi connectivity index (χ3n) is 1.80. The van der Waals surface area contributed by atoms with Crippen molar-refractivity contribution in [3.63, 3.8) is 0 Å². The molecule has 0 amide bonds. The number of nitrogens with one attached hydrogen (secondary N) is 1. The molecular formula is C10H5N3O. The lowest BCUT2D eigenvalue weighted by Gasteiger charge is -1.95. The van der Waals surface area contributed by atoms with E-state index in [4.69, 9.17) is 15.3 Å². The Hall–Kier alpha value is -2.46. The highest BCUT2D eigenvalue weighted by atomic mass is 16.5. The fourth-order valence-corrected chi connectivity index (χ4v) is 1.16. The molecule has 0 aliphatic carbocycles. The molecule has 0 fully saturated rings. The second-order valence-corrected chi connectivity index (χ2v) is 2.65. The first-order valence-electron chi connectivity index (χ1n) is 3.93. The monoisotopic (exact) mass is 183 g/mol. The summed E-state index contributed by atoms with van der Waals surface area (Å²) in [6, 6.07) is 10.8. The summed E-state index contributed by atoms with van der Waals surface area (Å²) in [7, 11) is 0. The Morgan fingerprint density at radius 3 is 2.57 bits per heavy atom. The van der Waals surface area contributed by atoms with Crippen molar-refractivity contribution < 1.29 is 4.74 Å². The zero-order valence-electron chi connectivity index (χ0n) is 7.11. The van der Waals surface area contributed by atoms with E-state index >= 15 is 0 Å². The van der Waals surface area contributed by atoms with E-state index in [2.05, 4.69) is 5.32 Å². The second-order valence-electron chi connectivity index (χ2n) is 2.65. The van der Waals surface area contributed by atoms with Crippen LogP contribution in [0.5, 0.6) is 5.75 Å². The molecule has 4 heteroatoms. The van der Waals surface area contributed by atoms with Gasteiger partial charge in [0.05, 0.1) is 5.69 Å². The molecule has 0 saturated heterocycles. The molecule has 4 nitrogen and oxygen atoms in total. The van der Waals surface area contributed by atoms with Crippen molar-refractivity contribution in [3.05, 3.63) is 35.7 Å². The van der Waals surface area contributed by atoms with Gasteiger partial charge in [-0.25, -0.2) is 0 Å². The van der Waals surface area contributed by atoms with Gasteiger partial charge < -0.3 is 10.1 Å². The summed E-state index contributed by atoms with van der Waals surface area (Å²) in [6.45, 7) is 0. The van der Waals surface area contributed by atoms with Crippen LogP contribution < -0.4 is 10.1 Å². The fraction of sp³-hybridized carbons (Fsp3) is 0. The number of hydrogen-bond acceptors (Lipinski definition) is 4. The van der Waals surface area contributed by atoms with Crippen molar-refractivity contribution in [1.29, 1.82) is 10.5 Å². The summed E-state index contributed by atoms with van der Waals surface area (Å²) in [4.78, 5) is 0. The minimum absolute atomic E-state index is 0.0544. The van der Waals surface area contributed by atoms with Crippen molar-refractivity contribution in [2.24, 2.45) is 0 Å². The van der Waals surface area contributed by atoms with E-state index in [0.29, 0.717) is 5.75 Å². The summed E-state index contributed by atoms with van der Waals surface area (Å²) in [5.41, 5.74) is 0.715. The highest BCUT2D eigenvalue weighted by Crippen LogP contribution is 2.33. The Labute approximate surface area is 80.6 Å². The molecule has 0 radical (unpaired) electrons. The van der Waals surface area contributed by atoms with Crippen LogP contribution in [-0.4, -0.2) is 0 Å². The quantitative estimate of drug-likeness (QED) is 0.622. The molecule has 0 atom stereocenters. The van der Waals surface area contributed by atoms with E-state index in [0.717, 1.165) is 5.69 Å². The Bertz CT molecular complexity index is 448. The molecule has 1 heterocycles. The van der Waals surface area contributed by atoms with E-state index in [9.17, 15) is 0 Å². The second kappa shape index (κ2) is 3.12. The predicted molar refractivity (Wildman–Crippen MR) is 48.9 cm³/mol. The number of hydrogen-bond donors (Lipinski definition) is 1. The molecule has 0 saturated carbocycles. The molecule has 1 aliphatic heterocycles. The maximum Gasteiger partial charge on any atom is 0.226 e. The summed E-state index contributed by atoms with van der Waals surface area (Å²) < 4.78 is 5.27. The molecule has 1 aliphatic rings. The standard InChI is InChI=1S/C10H5N3O/c11-5-7(6-12)10-13-8-3-1-2-4-9(8)14-10/h1-4,13H. The average molecular weight is 183 g/mol. The molecular weight excluding hydrogens is 178 g/mol. The molecule has 2 rings (SSSR count). The van der Waals surface area contributed by atoms with Crippen LogP contribution in [0.4, 0.5) is 5.69 Å². The van der Waals surface area contributed by atoms with Gasteiger partial charge in [-0.05, 0) is 12.1 Å². The van der Waals surface area contributed by atoms with Gasteiger partial charge in [0.25, 0.3) is 0 Å². The van der Waals surface area contributed by atoms with Crippen LogP contribution >= 0.6 is 0 Å². The topological polar surface area (TPSA) is 68.8 Å². The number of fused-ring (bicyclic) bond motifs is 1. The van der Waals surface area contributed by atoms with Crippen LogP contribution in [0.25, 0.3) is 0 Å². The number of rotatable bonds is 0. The van der Waals surface area contributed by atoms with Crippen molar-refractivity contribution in [1.82, 2.24) is 0 Å². The van der Waals surface area contributed by atoms with E-state index in [1.54, 1.807) is 18.2 Å². The Morgan fingerprint density at radius 1 is 1.21 bits per heavy atom. The Balaban J connectivity index is 2.43. The lowest BCUT2D eigenvalue weighted by Crippen LogP contribution is -2.00. The summed E-state index contributed by atoms with van der Waals surface area (Å²) in [5, 5.41) is 20.1. The SMILES string of the molecule is N#CC(C#N)=C1Nc2ccccc2O1. The van der Waals surface area contributed by atoms with Crippen LogP contribution in [0.3, 0.4) is 0 Å². The Morgan fingerprint density at radius 2 is 1.93 bits per heavy atom. The summed E-state index contributed by atoms with van der Waals surface area (Å²) in [5.74, 6) is 0.835. The molecule has 66 valence electrons. The molecule has 0 unspecified atom stereocenters. The van der Waals surface area contributed by atoms with Crippen molar-refractivity contribution in [2.75, 3.05) is 5.32 Å². The minimum atomic E-state index is -0.0544. The lowest BCUT2D eigenvalue weighted by atomic mass is 10.3. The van der Waals surface area contributed by atoms with Crippen LogP contribution in [0.2, 0.25) is 0 Å². The van der Waals surface area contributed by atoms with E-state index in [1.165, 1.54) is 0 Å². The lowest BCUT2D eigenvalue weighted by molar-refractivity contribution is 0.455. The third-order valence-corrected chi connectivity index (χ3v) is 1.80. The number of ether oxygens (including phenoxy) is 1. The van der Waals surface area contributed by atoms with E-state index < -0.39 is 0 Å². The van der Waals surface area contributed by atoms with Gasteiger partial charge in [0, 0.05) is 0 Å². The highest BCUT2D eigenvalue weighted by Gasteiger charge is 2.19. The largest absolute Gasteiger partial charge is 0.437 e. The Kier molecular flexibility index (Phi) is 1.82. The predicted octanol–water partition coefficient (Wildman–Crippen LogP) is 1.75. The maximum atomic E-state index is 8.62. The first kappa shape index (κ1) is 8.15. The normalized spacial score (nSPS) is 11.7. The van der Waals surface area contributed by atoms with Gasteiger partial charge in [0.2, 0.25) is 5.88 Å². The van der Waals surface area contributed by atoms with Crippen LogP contribution in [-0.2, 0) is 0 Å². The van der Waals surface area contributed by atoms with Gasteiger partial charge in [-0.2, -0.15) is 10.5 Å². The van der Waals surface area contributed by atoms with Gasteiger partial charge in [0.15, 0.2) is 11.3 Å². The maximum absolute atomic E-state index is 8.62. The summed E-state index contributed by atoms with van der Waals surface area (Å²) in [6.07, 6.45) is 0. The average Bonchev–Trinajstić information content (AvgIpc) is 2.63. The van der Waals surface area contributed by atoms with Gasteiger partial charge in [0.1, 0.15) is 12.1 Å². The number of para-hydroxylation sites is 2. The van der Waals surface area contributed by atoms with Crippen LogP contribution in [0, 0.1) is 22.7 Å². The van der Waals surface area contributed by atoms with Gasteiger partial charge in [-0.15, -0.1) is 0 Å². The van der Waals surface area contributed by atoms with Crippen molar-refractivity contribution in [2.45, 2.75) is 0 Å². The van der Waals surface area contributed by atoms with E-state index in [1.807, 2.05) is 18.2 Å².